The molecule has 2 rings (SSSR count). The van der Waals surface area contributed by atoms with Gasteiger partial charge in [-0.1, -0.05) is 24.3 Å². The minimum atomic E-state index is -0.926. The van der Waals surface area contributed by atoms with Crippen molar-refractivity contribution in [3.8, 4) is 0 Å². The molecule has 110 valence electrons. The van der Waals surface area contributed by atoms with Gasteiger partial charge in [-0.2, -0.15) is 0 Å². The third-order valence-electron chi connectivity index (χ3n) is 3.23. The second-order valence-corrected chi connectivity index (χ2v) is 5.60. The van der Waals surface area contributed by atoms with E-state index in [2.05, 4.69) is 4.74 Å². The summed E-state index contributed by atoms with van der Waals surface area (Å²) >= 11 is 0.832. The lowest BCUT2D eigenvalue weighted by atomic mass is 10.1. The lowest BCUT2D eigenvalue weighted by Gasteiger charge is -2.18. The molecule has 0 aromatic heterocycles. The van der Waals surface area contributed by atoms with E-state index in [-0.39, 0.29) is 0 Å². The van der Waals surface area contributed by atoms with Gasteiger partial charge in [0.05, 0.1) is 12.0 Å². The topological polar surface area (TPSA) is 63.7 Å². The lowest BCUT2D eigenvalue weighted by molar-refractivity contribution is -0.148. The number of benzene rings is 1. The number of nitrogens with zero attached hydrogens (tertiary/aromatic N) is 1. The first-order valence-electron chi connectivity index (χ1n) is 6.36. The summed E-state index contributed by atoms with van der Waals surface area (Å²) in [6.45, 7) is 3.39. The number of ether oxygens (including phenoxy) is 1. The number of rotatable bonds is 3. The van der Waals surface area contributed by atoms with Crippen LogP contribution in [0.1, 0.15) is 18.1 Å². The van der Waals surface area contributed by atoms with Gasteiger partial charge in [0.25, 0.3) is 11.1 Å². The van der Waals surface area contributed by atoms with Crippen molar-refractivity contribution in [2.24, 2.45) is 0 Å². The smallest absolute Gasteiger partial charge is 0.328 e. The van der Waals surface area contributed by atoms with Crippen molar-refractivity contribution in [2.45, 2.75) is 19.9 Å². The summed E-state index contributed by atoms with van der Waals surface area (Å²) < 4.78 is 4.58. The van der Waals surface area contributed by atoms with E-state index in [1.807, 2.05) is 31.2 Å². The van der Waals surface area contributed by atoms with E-state index in [0.717, 1.165) is 27.8 Å². The Bertz CT molecular complexity index is 638. The van der Waals surface area contributed by atoms with Gasteiger partial charge in [-0.05, 0) is 42.8 Å². The summed E-state index contributed by atoms with van der Waals surface area (Å²) in [4.78, 5) is 37.0. The van der Waals surface area contributed by atoms with Crippen LogP contribution in [0.15, 0.2) is 29.2 Å². The minimum absolute atomic E-state index is 0.310. The van der Waals surface area contributed by atoms with Crippen molar-refractivity contribution < 1.29 is 19.1 Å². The molecule has 1 aliphatic heterocycles. The summed E-state index contributed by atoms with van der Waals surface area (Å²) in [6, 6.07) is 6.63. The maximum Gasteiger partial charge on any atom is 0.328 e. The molecule has 21 heavy (non-hydrogen) atoms. The average molecular weight is 305 g/mol. The van der Waals surface area contributed by atoms with E-state index in [0.29, 0.717) is 4.91 Å². The fourth-order valence-corrected chi connectivity index (χ4v) is 2.88. The molecule has 1 saturated heterocycles. The van der Waals surface area contributed by atoms with Crippen LogP contribution in [0.5, 0.6) is 0 Å². The molecule has 1 unspecified atom stereocenters. The Morgan fingerprint density at radius 1 is 1.33 bits per heavy atom. The van der Waals surface area contributed by atoms with Crippen molar-refractivity contribution >= 4 is 35.0 Å². The van der Waals surface area contributed by atoms with Gasteiger partial charge in [0.15, 0.2) is 0 Å². The third-order valence-corrected chi connectivity index (χ3v) is 4.11. The standard InChI is InChI=1S/C15H15NO4S/c1-9-6-4-5-7-11(9)8-12-13(17)16(15(19)21-12)10(2)14(18)20-3/h4-8,10H,1-3H3/b12-8-. The highest BCUT2D eigenvalue weighted by Gasteiger charge is 2.41. The highest BCUT2D eigenvalue weighted by Crippen LogP contribution is 2.34. The molecule has 1 fully saturated rings. The number of imide groups is 1. The summed E-state index contributed by atoms with van der Waals surface area (Å²) in [5.74, 6) is -1.08. The number of hydrogen-bond donors (Lipinski definition) is 0. The van der Waals surface area contributed by atoms with Gasteiger partial charge in [0, 0.05) is 0 Å². The highest BCUT2D eigenvalue weighted by molar-refractivity contribution is 8.18. The predicted molar refractivity (Wildman–Crippen MR) is 80.5 cm³/mol. The van der Waals surface area contributed by atoms with Crippen LogP contribution in [0.25, 0.3) is 6.08 Å². The Morgan fingerprint density at radius 2 is 2.00 bits per heavy atom. The van der Waals surface area contributed by atoms with Crippen LogP contribution in [0.3, 0.4) is 0 Å². The zero-order valence-electron chi connectivity index (χ0n) is 12.0. The zero-order valence-corrected chi connectivity index (χ0v) is 12.8. The molecule has 0 saturated carbocycles. The second-order valence-electron chi connectivity index (χ2n) is 4.61. The summed E-state index contributed by atoms with van der Waals surface area (Å²) in [5, 5.41) is -0.460. The minimum Gasteiger partial charge on any atom is -0.467 e. The van der Waals surface area contributed by atoms with Crippen molar-refractivity contribution in [1.82, 2.24) is 4.90 Å². The molecule has 2 amide bonds. The first-order chi connectivity index (χ1) is 9.95. The average Bonchev–Trinajstić information content (AvgIpc) is 2.74. The molecule has 0 N–H and O–H groups in total. The van der Waals surface area contributed by atoms with E-state index in [4.69, 9.17) is 0 Å². The van der Waals surface area contributed by atoms with Gasteiger partial charge in [-0.3, -0.25) is 14.5 Å². The summed E-state index contributed by atoms with van der Waals surface area (Å²) in [6.07, 6.45) is 1.67. The lowest BCUT2D eigenvalue weighted by Crippen LogP contribution is -2.42. The van der Waals surface area contributed by atoms with E-state index < -0.39 is 23.2 Å². The molecular weight excluding hydrogens is 290 g/mol. The normalized spacial score (nSPS) is 18.2. The molecule has 0 spiro atoms. The number of aryl methyl sites for hydroxylation is 1. The van der Waals surface area contributed by atoms with Gasteiger partial charge in [0.1, 0.15) is 6.04 Å². The van der Waals surface area contributed by atoms with Crippen LogP contribution in [0, 0.1) is 6.92 Å². The first-order valence-corrected chi connectivity index (χ1v) is 7.18. The molecule has 1 aliphatic rings. The molecule has 0 radical (unpaired) electrons. The zero-order chi connectivity index (χ0) is 15.6. The molecule has 1 aromatic carbocycles. The summed E-state index contributed by atoms with van der Waals surface area (Å²) in [5.41, 5.74) is 1.87. The Labute approximate surface area is 127 Å². The van der Waals surface area contributed by atoms with Gasteiger partial charge in [0.2, 0.25) is 0 Å². The maximum atomic E-state index is 12.3. The molecule has 1 heterocycles. The summed E-state index contributed by atoms with van der Waals surface area (Å²) in [7, 11) is 1.22. The number of methoxy groups -OCH3 is 1. The van der Waals surface area contributed by atoms with Crippen molar-refractivity contribution in [3.63, 3.8) is 0 Å². The molecule has 5 nitrogen and oxygen atoms in total. The molecule has 6 heteroatoms. The Hall–Kier alpha value is -2.08. The second kappa shape index (κ2) is 6.13. The van der Waals surface area contributed by atoms with Crippen molar-refractivity contribution in [3.05, 3.63) is 40.3 Å². The van der Waals surface area contributed by atoms with Crippen LogP contribution < -0.4 is 0 Å². The molecule has 0 bridgehead atoms. The Balaban J connectivity index is 2.30. The van der Waals surface area contributed by atoms with Crippen LogP contribution in [-0.4, -0.2) is 35.2 Å². The van der Waals surface area contributed by atoms with Crippen LogP contribution in [0.2, 0.25) is 0 Å². The van der Waals surface area contributed by atoms with Crippen LogP contribution in [0.4, 0.5) is 4.79 Å². The molecule has 0 aliphatic carbocycles. The number of carbonyl (C=O) groups is 3. The largest absolute Gasteiger partial charge is 0.467 e. The number of esters is 1. The number of carbonyl (C=O) groups excluding carboxylic acids is 3. The Kier molecular flexibility index (Phi) is 4.47. The number of thioether (sulfide) groups is 1. The van der Waals surface area contributed by atoms with E-state index in [1.54, 1.807) is 6.08 Å². The number of hydrogen-bond acceptors (Lipinski definition) is 5. The van der Waals surface area contributed by atoms with Gasteiger partial charge >= 0.3 is 5.97 Å². The first kappa shape index (κ1) is 15.3. The van der Waals surface area contributed by atoms with Crippen molar-refractivity contribution in [1.29, 1.82) is 0 Å². The predicted octanol–water partition coefficient (Wildman–Crippen LogP) is 2.59. The Morgan fingerprint density at radius 3 is 2.62 bits per heavy atom. The van der Waals surface area contributed by atoms with E-state index >= 15 is 0 Å². The molecular formula is C15H15NO4S. The maximum absolute atomic E-state index is 12.3. The van der Waals surface area contributed by atoms with Crippen LogP contribution in [-0.2, 0) is 14.3 Å². The fourth-order valence-electron chi connectivity index (χ4n) is 1.98. The van der Waals surface area contributed by atoms with Crippen LogP contribution >= 0.6 is 11.8 Å². The monoisotopic (exact) mass is 305 g/mol. The SMILES string of the molecule is COC(=O)C(C)N1C(=O)S/C(=C\c2ccccc2C)C1=O. The number of amides is 2. The van der Waals surface area contributed by atoms with Crippen molar-refractivity contribution in [2.75, 3.05) is 7.11 Å². The van der Waals surface area contributed by atoms with E-state index in [9.17, 15) is 14.4 Å². The van der Waals surface area contributed by atoms with Gasteiger partial charge in [-0.15, -0.1) is 0 Å². The fraction of sp³-hybridized carbons (Fsp3) is 0.267. The molecule has 1 atom stereocenters. The third kappa shape index (κ3) is 3.00. The molecule has 1 aromatic rings. The quantitative estimate of drug-likeness (QED) is 0.634. The van der Waals surface area contributed by atoms with Gasteiger partial charge < -0.3 is 4.74 Å². The highest BCUT2D eigenvalue weighted by atomic mass is 32.2. The van der Waals surface area contributed by atoms with Gasteiger partial charge in [-0.25, -0.2) is 4.79 Å². The van der Waals surface area contributed by atoms with E-state index in [1.165, 1.54) is 14.0 Å².